The Morgan fingerprint density at radius 1 is 0.758 bits per heavy atom. The maximum atomic E-state index is 10.8. The third-order valence-corrected chi connectivity index (χ3v) is 4.65. The van der Waals surface area contributed by atoms with E-state index in [1.807, 2.05) is 60.7 Å². The van der Waals surface area contributed by atoms with Crippen LogP contribution in [0, 0.1) is 0 Å². The van der Waals surface area contributed by atoms with Gasteiger partial charge in [-0.1, -0.05) is 60.7 Å². The summed E-state index contributed by atoms with van der Waals surface area (Å²) in [5, 5.41) is 21.3. The van der Waals surface area contributed by atoms with Gasteiger partial charge in [-0.2, -0.15) is 0 Å². The number of phenolic OH excluding ortho intramolecular Hbond substituents is 2. The zero-order valence-corrected chi connectivity index (χ0v) is 17.8. The van der Waals surface area contributed by atoms with Gasteiger partial charge in [0.05, 0.1) is 0 Å². The molecule has 0 atom stereocenters. The highest BCUT2D eigenvalue weighted by atomic mass is 16.6. The highest BCUT2D eigenvalue weighted by Gasteiger charge is 2.19. The van der Waals surface area contributed by atoms with Gasteiger partial charge in [0.2, 0.25) is 0 Å². The van der Waals surface area contributed by atoms with Gasteiger partial charge in [0.25, 0.3) is 0 Å². The molecule has 1 heterocycles. The summed E-state index contributed by atoms with van der Waals surface area (Å²) in [6.45, 7) is 1.42. The number of carbonyl (C=O) groups excluding carboxylic acids is 1. The van der Waals surface area contributed by atoms with Gasteiger partial charge in [-0.05, 0) is 0 Å². The Morgan fingerprint density at radius 3 is 1.73 bits per heavy atom. The molecule has 8 heteroatoms. The largest absolute Gasteiger partial charge is 0.507 e. The van der Waals surface area contributed by atoms with Crippen LogP contribution in [0.4, 0.5) is 0 Å². The molecular weight excluding hydrogens is 422 g/mol. The summed E-state index contributed by atoms with van der Waals surface area (Å²) in [6, 6.07) is 21.4. The van der Waals surface area contributed by atoms with Gasteiger partial charge < -0.3 is 19.7 Å². The lowest BCUT2D eigenvalue weighted by Crippen LogP contribution is -2.09. The lowest BCUT2D eigenvalue weighted by atomic mass is 10.1. The first-order chi connectivity index (χ1) is 16.0. The Balaban J connectivity index is 1.74. The van der Waals surface area contributed by atoms with Crippen molar-refractivity contribution >= 4 is 5.97 Å². The van der Waals surface area contributed by atoms with Crippen LogP contribution in [0.15, 0.2) is 72.8 Å². The second-order valence-corrected chi connectivity index (χ2v) is 7.06. The van der Waals surface area contributed by atoms with Crippen LogP contribution >= 0.6 is 0 Å². The topological polar surface area (TPSA) is 115 Å². The molecule has 0 aliphatic carbocycles. The maximum Gasteiger partial charge on any atom is 0.302 e. The predicted octanol–water partition coefficient (Wildman–Crippen LogP) is 4.23. The number of hydrogen-bond acceptors (Lipinski definition) is 8. The summed E-state index contributed by atoms with van der Waals surface area (Å²) >= 11 is 0. The van der Waals surface area contributed by atoms with E-state index in [1.165, 1.54) is 19.1 Å². The van der Waals surface area contributed by atoms with Crippen molar-refractivity contribution in [2.24, 2.45) is 0 Å². The van der Waals surface area contributed by atoms with Crippen molar-refractivity contribution in [3.05, 3.63) is 72.8 Å². The zero-order chi connectivity index (χ0) is 23.2. The molecule has 0 bridgehead atoms. The number of aromatic hydroxyl groups is 2. The Labute approximate surface area is 190 Å². The molecule has 0 aliphatic heterocycles. The van der Waals surface area contributed by atoms with E-state index < -0.39 is 5.97 Å². The van der Waals surface area contributed by atoms with Crippen molar-refractivity contribution in [1.29, 1.82) is 0 Å². The van der Waals surface area contributed by atoms with Gasteiger partial charge in [0.15, 0.2) is 17.5 Å². The molecule has 0 radical (unpaired) electrons. The van der Waals surface area contributed by atoms with Gasteiger partial charge in [0.1, 0.15) is 36.0 Å². The van der Waals surface area contributed by atoms with Crippen molar-refractivity contribution in [3.63, 3.8) is 0 Å². The van der Waals surface area contributed by atoms with E-state index in [4.69, 9.17) is 9.47 Å². The van der Waals surface area contributed by atoms with Gasteiger partial charge in [0, 0.05) is 30.2 Å². The van der Waals surface area contributed by atoms with Crippen molar-refractivity contribution in [1.82, 2.24) is 15.0 Å². The number of aromatic nitrogens is 3. The summed E-state index contributed by atoms with van der Waals surface area (Å²) < 4.78 is 10.3. The number of nitrogens with zero attached hydrogens (tertiary/aromatic N) is 3. The number of ether oxygens (including phenoxy) is 2. The molecule has 4 aromatic rings. The Morgan fingerprint density at radius 2 is 1.24 bits per heavy atom. The number of phenols is 2. The first-order valence-corrected chi connectivity index (χ1v) is 10.2. The summed E-state index contributed by atoms with van der Waals surface area (Å²) in [5.41, 5.74) is 1.59. The fourth-order valence-electron chi connectivity index (χ4n) is 3.16. The molecule has 0 unspecified atom stereocenters. The number of carbonyl (C=O) groups is 1. The quantitative estimate of drug-likeness (QED) is 0.322. The molecule has 0 saturated heterocycles. The van der Waals surface area contributed by atoms with E-state index in [9.17, 15) is 15.0 Å². The number of benzene rings is 3. The fourth-order valence-corrected chi connectivity index (χ4v) is 3.16. The van der Waals surface area contributed by atoms with Gasteiger partial charge in [-0.15, -0.1) is 0 Å². The lowest BCUT2D eigenvalue weighted by Gasteiger charge is -2.12. The molecular formula is C25H21N3O5. The van der Waals surface area contributed by atoms with E-state index in [2.05, 4.69) is 15.0 Å². The molecule has 1 aromatic heterocycles. The standard InChI is InChI=1S/C25H21N3O5/c1-16(29)32-12-13-33-19-14-20(30)22(21(31)15-19)25-27-23(17-8-4-2-5-9-17)26-24(28-25)18-10-6-3-7-11-18/h2-11,14-15,30-31H,12-13H2,1H3. The van der Waals surface area contributed by atoms with Crippen LogP contribution in [0.2, 0.25) is 0 Å². The monoisotopic (exact) mass is 443 g/mol. The summed E-state index contributed by atoms with van der Waals surface area (Å²) in [7, 11) is 0. The first-order valence-electron chi connectivity index (χ1n) is 10.2. The van der Waals surface area contributed by atoms with Crippen LogP contribution in [0.3, 0.4) is 0 Å². The van der Waals surface area contributed by atoms with Gasteiger partial charge in [-0.25, -0.2) is 15.0 Å². The highest BCUT2D eigenvalue weighted by molar-refractivity contribution is 5.75. The minimum absolute atomic E-state index is 0.0486. The van der Waals surface area contributed by atoms with E-state index in [0.717, 1.165) is 11.1 Å². The predicted molar refractivity (Wildman–Crippen MR) is 122 cm³/mol. The molecule has 3 aromatic carbocycles. The fraction of sp³-hybridized carbons (Fsp3) is 0.120. The molecule has 33 heavy (non-hydrogen) atoms. The van der Waals surface area contributed by atoms with E-state index in [1.54, 1.807) is 0 Å². The van der Waals surface area contributed by atoms with Crippen molar-refractivity contribution in [3.8, 4) is 51.4 Å². The first kappa shape index (κ1) is 21.8. The number of rotatable bonds is 7. The third kappa shape index (κ3) is 5.24. The highest BCUT2D eigenvalue weighted by Crippen LogP contribution is 2.40. The van der Waals surface area contributed by atoms with Crippen LogP contribution in [-0.4, -0.2) is 44.3 Å². The zero-order valence-electron chi connectivity index (χ0n) is 17.8. The van der Waals surface area contributed by atoms with Crippen LogP contribution in [0.25, 0.3) is 34.2 Å². The molecule has 166 valence electrons. The molecule has 0 aliphatic rings. The number of hydrogen-bond donors (Lipinski definition) is 2. The number of esters is 1. The van der Waals surface area contributed by atoms with Crippen LogP contribution < -0.4 is 4.74 Å². The molecule has 4 rings (SSSR count). The average Bonchev–Trinajstić information content (AvgIpc) is 2.82. The second-order valence-electron chi connectivity index (χ2n) is 7.06. The van der Waals surface area contributed by atoms with Crippen molar-refractivity contribution < 1.29 is 24.5 Å². The summed E-state index contributed by atoms with van der Waals surface area (Å²) in [6.07, 6.45) is 0. The van der Waals surface area contributed by atoms with Crippen LogP contribution in [-0.2, 0) is 9.53 Å². The minimum atomic E-state index is -0.419. The minimum Gasteiger partial charge on any atom is -0.507 e. The molecule has 0 spiro atoms. The van der Waals surface area contributed by atoms with Crippen molar-refractivity contribution in [2.75, 3.05) is 13.2 Å². The molecule has 2 N–H and O–H groups in total. The Kier molecular flexibility index (Phi) is 6.45. The molecule has 8 nitrogen and oxygen atoms in total. The van der Waals surface area contributed by atoms with E-state index in [0.29, 0.717) is 11.6 Å². The smallest absolute Gasteiger partial charge is 0.302 e. The molecule has 0 saturated carbocycles. The van der Waals surface area contributed by atoms with Gasteiger partial charge in [-0.3, -0.25) is 4.79 Å². The summed E-state index contributed by atoms with van der Waals surface area (Å²) in [4.78, 5) is 24.4. The van der Waals surface area contributed by atoms with Crippen LogP contribution in [0.1, 0.15) is 6.92 Å². The Bertz CT molecular complexity index is 1180. The van der Waals surface area contributed by atoms with Crippen LogP contribution in [0.5, 0.6) is 17.2 Å². The second kappa shape index (κ2) is 9.78. The van der Waals surface area contributed by atoms with Crippen molar-refractivity contribution in [2.45, 2.75) is 6.92 Å². The lowest BCUT2D eigenvalue weighted by molar-refractivity contribution is -0.141. The summed E-state index contributed by atoms with van der Waals surface area (Å²) in [5.74, 6) is 0.187. The van der Waals surface area contributed by atoms with E-state index >= 15 is 0 Å². The SMILES string of the molecule is CC(=O)OCCOc1cc(O)c(-c2nc(-c3ccccc3)nc(-c3ccccc3)n2)c(O)c1. The normalized spacial score (nSPS) is 10.6. The Hall–Kier alpha value is -4.46. The third-order valence-electron chi connectivity index (χ3n) is 4.65. The molecule has 0 fully saturated rings. The van der Waals surface area contributed by atoms with E-state index in [-0.39, 0.29) is 41.9 Å². The van der Waals surface area contributed by atoms with Gasteiger partial charge >= 0.3 is 5.97 Å². The molecule has 0 amide bonds. The maximum absolute atomic E-state index is 10.8. The average molecular weight is 443 g/mol.